The fourth-order valence-corrected chi connectivity index (χ4v) is 2.09. The topological polar surface area (TPSA) is 21.3 Å². The highest BCUT2D eigenvalue weighted by atomic mass is 35.5. The van der Waals surface area contributed by atoms with E-state index in [1.54, 1.807) is 12.1 Å². The van der Waals surface area contributed by atoms with Crippen LogP contribution in [-0.4, -0.2) is 24.8 Å². The van der Waals surface area contributed by atoms with Gasteiger partial charge in [-0.3, -0.25) is 0 Å². The van der Waals surface area contributed by atoms with Crippen LogP contribution < -0.4 is 5.32 Å². The van der Waals surface area contributed by atoms with Crippen molar-refractivity contribution in [1.29, 1.82) is 0 Å². The van der Waals surface area contributed by atoms with E-state index in [0.29, 0.717) is 6.61 Å². The van der Waals surface area contributed by atoms with Crippen molar-refractivity contribution in [1.82, 2.24) is 5.32 Å². The van der Waals surface area contributed by atoms with E-state index in [4.69, 9.17) is 16.3 Å². The van der Waals surface area contributed by atoms with Crippen molar-refractivity contribution in [3.63, 3.8) is 0 Å². The summed E-state index contributed by atoms with van der Waals surface area (Å²) in [5.41, 5.74) is 1.04. The average Bonchev–Trinajstić information content (AvgIpc) is 2.27. The SMILES string of the molecule is CC1(C)COC(Cc2ccc(F)c(Cl)c2)CN1. The number of ether oxygens (including phenoxy) is 1. The molecule has 0 amide bonds. The molecule has 0 aliphatic carbocycles. The Bertz CT molecular complexity index is 398. The molecule has 0 spiro atoms. The summed E-state index contributed by atoms with van der Waals surface area (Å²) in [4.78, 5) is 0. The van der Waals surface area contributed by atoms with E-state index in [1.165, 1.54) is 6.07 Å². The van der Waals surface area contributed by atoms with Gasteiger partial charge in [0.05, 0.1) is 17.7 Å². The summed E-state index contributed by atoms with van der Waals surface area (Å²) in [7, 11) is 0. The molecular formula is C13H17ClFNO. The molecule has 1 aliphatic heterocycles. The largest absolute Gasteiger partial charge is 0.375 e. The van der Waals surface area contributed by atoms with Gasteiger partial charge < -0.3 is 10.1 Å². The third-order valence-corrected chi connectivity index (χ3v) is 3.23. The monoisotopic (exact) mass is 257 g/mol. The van der Waals surface area contributed by atoms with Gasteiger partial charge in [-0.25, -0.2) is 4.39 Å². The lowest BCUT2D eigenvalue weighted by Crippen LogP contribution is -2.53. The number of halogens is 2. The van der Waals surface area contributed by atoms with Crippen LogP contribution in [0.2, 0.25) is 5.02 Å². The van der Waals surface area contributed by atoms with Gasteiger partial charge >= 0.3 is 0 Å². The molecule has 1 aromatic rings. The molecular weight excluding hydrogens is 241 g/mol. The average molecular weight is 258 g/mol. The second kappa shape index (κ2) is 4.92. The number of rotatable bonds is 2. The quantitative estimate of drug-likeness (QED) is 0.880. The van der Waals surface area contributed by atoms with Crippen LogP contribution in [0.15, 0.2) is 18.2 Å². The minimum Gasteiger partial charge on any atom is -0.375 e. The number of hydrogen-bond acceptors (Lipinski definition) is 2. The molecule has 94 valence electrons. The number of benzene rings is 1. The van der Waals surface area contributed by atoms with Gasteiger partial charge in [0.25, 0.3) is 0 Å². The lowest BCUT2D eigenvalue weighted by atomic mass is 10.0. The molecule has 0 radical (unpaired) electrons. The van der Waals surface area contributed by atoms with Crippen molar-refractivity contribution in [2.75, 3.05) is 13.2 Å². The van der Waals surface area contributed by atoms with Crippen LogP contribution in [-0.2, 0) is 11.2 Å². The van der Waals surface area contributed by atoms with Crippen molar-refractivity contribution < 1.29 is 9.13 Å². The zero-order valence-electron chi connectivity index (χ0n) is 10.1. The van der Waals surface area contributed by atoms with E-state index in [0.717, 1.165) is 18.5 Å². The van der Waals surface area contributed by atoms with Gasteiger partial charge in [0.15, 0.2) is 0 Å². The summed E-state index contributed by atoms with van der Waals surface area (Å²) >= 11 is 5.75. The lowest BCUT2D eigenvalue weighted by Gasteiger charge is -2.36. The van der Waals surface area contributed by atoms with E-state index < -0.39 is 0 Å². The Morgan fingerprint density at radius 3 is 2.88 bits per heavy atom. The number of hydrogen-bond donors (Lipinski definition) is 1. The van der Waals surface area contributed by atoms with E-state index in [9.17, 15) is 4.39 Å². The Morgan fingerprint density at radius 2 is 2.29 bits per heavy atom. The highest BCUT2D eigenvalue weighted by Gasteiger charge is 2.26. The van der Waals surface area contributed by atoms with Crippen molar-refractivity contribution in [3.8, 4) is 0 Å². The molecule has 1 atom stereocenters. The first-order valence-corrected chi connectivity index (χ1v) is 6.15. The fourth-order valence-electron chi connectivity index (χ4n) is 1.89. The third-order valence-electron chi connectivity index (χ3n) is 2.94. The molecule has 1 aliphatic rings. The zero-order valence-corrected chi connectivity index (χ0v) is 10.9. The molecule has 1 unspecified atom stereocenters. The number of nitrogens with one attached hydrogen (secondary N) is 1. The van der Waals surface area contributed by atoms with E-state index in [2.05, 4.69) is 19.2 Å². The van der Waals surface area contributed by atoms with Crippen LogP contribution in [0.25, 0.3) is 0 Å². The van der Waals surface area contributed by atoms with Gasteiger partial charge in [0, 0.05) is 12.1 Å². The van der Waals surface area contributed by atoms with Crippen molar-refractivity contribution in [2.24, 2.45) is 0 Å². The molecule has 17 heavy (non-hydrogen) atoms. The molecule has 2 rings (SSSR count). The molecule has 0 saturated carbocycles. The third kappa shape index (κ3) is 3.41. The maximum atomic E-state index is 13.0. The second-order valence-electron chi connectivity index (χ2n) is 5.15. The van der Waals surface area contributed by atoms with Gasteiger partial charge in [-0.05, 0) is 38.0 Å². The summed E-state index contributed by atoms with van der Waals surface area (Å²) < 4.78 is 18.8. The van der Waals surface area contributed by atoms with Crippen LogP contribution in [0, 0.1) is 5.82 Å². The number of morpholine rings is 1. The Labute approximate surface area is 106 Å². The smallest absolute Gasteiger partial charge is 0.141 e. The van der Waals surface area contributed by atoms with E-state index >= 15 is 0 Å². The summed E-state index contributed by atoms with van der Waals surface area (Å²) in [6.45, 7) is 5.71. The van der Waals surface area contributed by atoms with Crippen molar-refractivity contribution in [2.45, 2.75) is 31.9 Å². The Hall–Kier alpha value is -0.640. The maximum Gasteiger partial charge on any atom is 0.141 e. The molecule has 2 nitrogen and oxygen atoms in total. The Balaban J connectivity index is 1.95. The first-order valence-electron chi connectivity index (χ1n) is 5.77. The van der Waals surface area contributed by atoms with Gasteiger partial charge in [0.2, 0.25) is 0 Å². The highest BCUT2D eigenvalue weighted by molar-refractivity contribution is 6.30. The summed E-state index contributed by atoms with van der Waals surface area (Å²) in [6.07, 6.45) is 0.882. The second-order valence-corrected chi connectivity index (χ2v) is 5.56. The van der Waals surface area contributed by atoms with E-state index in [-0.39, 0.29) is 22.5 Å². The molecule has 4 heteroatoms. The van der Waals surface area contributed by atoms with Gasteiger partial charge in [-0.1, -0.05) is 17.7 Å². The summed E-state index contributed by atoms with van der Waals surface area (Å²) in [6, 6.07) is 4.82. The molecule has 1 fully saturated rings. The normalized spacial score (nSPS) is 23.6. The van der Waals surface area contributed by atoms with Gasteiger partial charge in [-0.2, -0.15) is 0 Å². The van der Waals surface area contributed by atoms with Crippen LogP contribution >= 0.6 is 11.6 Å². The molecule has 1 heterocycles. The standard InChI is InChI=1S/C13H17ClFNO/c1-13(2)8-17-10(7-16-13)5-9-3-4-12(15)11(14)6-9/h3-4,6,10,16H,5,7-8H2,1-2H3. The fraction of sp³-hybridized carbons (Fsp3) is 0.538. The molecule has 0 aromatic heterocycles. The van der Waals surface area contributed by atoms with Gasteiger partial charge in [0.1, 0.15) is 5.82 Å². The van der Waals surface area contributed by atoms with Crippen molar-refractivity contribution in [3.05, 3.63) is 34.6 Å². The lowest BCUT2D eigenvalue weighted by molar-refractivity contribution is -0.0206. The molecule has 1 N–H and O–H groups in total. The van der Waals surface area contributed by atoms with Crippen LogP contribution in [0.3, 0.4) is 0 Å². The summed E-state index contributed by atoms with van der Waals surface area (Å²) in [5, 5.41) is 3.60. The maximum absolute atomic E-state index is 13.0. The van der Waals surface area contributed by atoms with Crippen LogP contribution in [0.1, 0.15) is 19.4 Å². The molecule has 1 aromatic carbocycles. The van der Waals surface area contributed by atoms with Crippen molar-refractivity contribution >= 4 is 11.6 Å². The predicted octanol–water partition coefficient (Wildman–Crippen LogP) is 2.79. The first kappa shape index (κ1) is 12.8. The summed E-state index contributed by atoms with van der Waals surface area (Å²) in [5.74, 6) is -0.376. The van der Waals surface area contributed by atoms with E-state index in [1.807, 2.05) is 0 Å². The molecule has 0 bridgehead atoms. The minimum atomic E-state index is -0.376. The zero-order chi connectivity index (χ0) is 12.5. The first-order chi connectivity index (χ1) is 7.96. The minimum absolute atomic E-state index is 0.0386. The molecule has 1 saturated heterocycles. The Morgan fingerprint density at radius 1 is 1.53 bits per heavy atom. The van der Waals surface area contributed by atoms with Crippen LogP contribution in [0.5, 0.6) is 0 Å². The highest BCUT2D eigenvalue weighted by Crippen LogP contribution is 2.19. The predicted molar refractivity (Wildman–Crippen MR) is 66.9 cm³/mol. The van der Waals surface area contributed by atoms with Gasteiger partial charge in [-0.15, -0.1) is 0 Å². The Kier molecular flexibility index (Phi) is 3.71. The van der Waals surface area contributed by atoms with Crippen LogP contribution in [0.4, 0.5) is 4.39 Å².